The molecule has 0 aliphatic heterocycles. The van der Waals surface area contributed by atoms with Crippen LogP contribution in [0.4, 0.5) is 11.5 Å². The molecular weight excluding hydrogens is 270 g/mol. The van der Waals surface area contributed by atoms with Crippen LogP contribution in [0.15, 0.2) is 48.5 Å². The fourth-order valence-electron chi connectivity index (χ4n) is 2.10. The van der Waals surface area contributed by atoms with E-state index in [2.05, 4.69) is 39.6 Å². The lowest BCUT2D eigenvalue weighted by molar-refractivity contribution is 0.943. The van der Waals surface area contributed by atoms with Crippen molar-refractivity contribution in [3.8, 4) is 0 Å². The smallest absolute Gasteiger partial charge is 0.135 e. The Kier molecular flexibility index (Phi) is 3.52. The normalized spacial score (nSPS) is 10.7. The van der Waals surface area contributed by atoms with Crippen molar-refractivity contribution in [1.82, 2.24) is 9.97 Å². The van der Waals surface area contributed by atoms with Crippen molar-refractivity contribution < 1.29 is 0 Å². The number of aromatic nitrogens is 2. The van der Waals surface area contributed by atoms with E-state index in [0.717, 1.165) is 23.8 Å². The molecule has 3 nitrogen and oxygen atoms in total. The minimum Gasteiger partial charge on any atom is -0.340 e. The summed E-state index contributed by atoms with van der Waals surface area (Å²) < 4.78 is 0. The zero-order valence-corrected chi connectivity index (χ0v) is 11.9. The molecule has 3 rings (SSSR count). The Labute approximate surface area is 122 Å². The molecule has 0 bridgehead atoms. The van der Waals surface area contributed by atoms with E-state index in [-0.39, 0.29) is 0 Å². The molecule has 1 N–H and O–H groups in total. The van der Waals surface area contributed by atoms with Gasteiger partial charge in [0.15, 0.2) is 0 Å². The van der Waals surface area contributed by atoms with E-state index < -0.39 is 0 Å². The lowest BCUT2D eigenvalue weighted by Gasteiger charge is -2.08. The molecule has 0 aliphatic carbocycles. The van der Waals surface area contributed by atoms with Crippen molar-refractivity contribution >= 4 is 33.9 Å². The molecule has 1 heterocycles. The molecule has 0 atom stereocenters. The fraction of sp³-hybridized carbons (Fsp3) is 0.125. The van der Waals surface area contributed by atoms with Crippen LogP contribution in [0.2, 0.25) is 5.15 Å². The Hall–Kier alpha value is -2.13. The first-order valence-corrected chi connectivity index (χ1v) is 6.91. The molecule has 0 saturated heterocycles. The summed E-state index contributed by atoms with van der Waals surface area (Å²) in [6.07, 6.45) is 0.757. The number of halogens is 1. The maximum absolute atomic E-state index is 6.00. The van der Waals surface area contributed by atoms with Gasteiger partial charge in [0.1, 0.15) is 16.8 Å². The van der Waals surface area contributed by atoms with Crippen molar-refractivity contribution in [2.75, 3.05) is 5.32 Å². The molecule has 3 aromatic rings. The summed E-state index contributed by atoms with van der Waals surface area (Å²) in [5, 5.41) is 6.14. The van der Waals surface area contributed by atoms with Gasteiger partial charge in [0.25, 0.3) is 0 Å². The Morgan fingerprint density at radius 2 is 1.80 bits per heavy atom. The molecule has 0 aliphatic rings. The van der Waals surface area contributed by atoms with Gasteiger partial charge in [0.05, 0.1) is 0 Å². The highest BCUT2D eigenvalue weighted by Gasteiger charge is 2.03. The van der Waals surface area contributed by atoms with E-state index in [1.165, 1.54) is 10.8 Å². The second kappa shape index (κ2) is 5.47. The summed E-state index contributed by atoms with van der Waals surface area (Å²) in [5.74, 6) is 1.46. The predicted molar refractivity (Wildman–Crippen MR) is 83.7 cm³/mol. The summed E-state index contributed by atoms with van der Waals surface area (Å²) >= 11 is 6.00. The molecule has 0 unspecified atom stereocenters. The van der Waals surface area contributed by atoms with Crippen LogP contribution in [0.3, 0.4) is 0 Å². The number of hydrogen-bond donors (Lipinski definition) is 1. The van der Waals surface area contributed by atoms with E-state index in [1.54, 1.807) is 6.07 Å². The minimum atomic E-state index is 0.458. The molecule has 1 aromatic heterocycles. The molecular formula is C16H14ClN3. The van der Waals surface area contributed by atoms with Crippen LogP contribution in [0.1, 0.15) is 12.7 Å². The summed E-state index contributed by atoms with van der Waals surface area (Å²) in [6.45, 7) is 2.01. The number of nitrogens with zero attached hydrogens (tertiary/aromatic N) is 2. The van der Waals surface area contributed by atoms with E-state index in [4.69, 9.17) is 11.6 Å². The van der Waals surface area contributed by atoms with Crippen molar-refractivity contribution in [1.29, 1.82) is 0 Å². The van der Waals surface area contributed by atoms with Gasteiger partial charge in [-0.1, -0.05) is 48.9 Å². The lowest BCUT2D eigenvalue weighted by atomic mass is 10.1. The quantitative estimate of drug-likeness (QED) is 0.715. The van der Waals surface area contributed by atoms with Gasteiger partial charge in [-0.15, -0.1) is 0 Å². The highest BCUT2D eigenvalue weighted by atomic mass is 35.5. The highest BCUT2D eigenvalue weighted by molar-refractivity contribution is 6.29. The van der Waals surface area contributed by atoms with Gasteiger partial charge in [-0.05, 0) is 22.9 Å². The second-order valence-corrected chi connectivity index (χ2v) is 4.92. The minimum absolute atomic E-state index is 0.458. The average Bonchev–Trinajstić information content (AvgIpc) is 2.46. The molecule has 4 heteroatoms. The maximum Gasteiger partial charge on any atom is 0.135 e. The lowest BCUT2D eigenvalue weighted by Crippen LogP contribution is -1.99. The van der Waals surface area contributed by atoms with E-state index in [1.807, 2.05) is 25.1 Å². The van der Waals surface area contributed by atoms with E-state index in [0.29, 0.717) is 5.15 Å². The molecule has 100 valence electrons. The van der Waals surface area contributed by atoms with Crippen LogP contribution in [-0.2, 0) is 6.42 Å². The van der Waals surface area contributed by atoms with Crippen molar-refractivity contribution in [2.24, 2.45) is 0 Å². The van der Waals surface area contributed by atoms with Gasteiger partial charge >= 0.3 is 0 Å². The SMILES string of the molecule is CCc1nc(Cl)cc(Nc2ccc3ccccc3c2)n1. The molecule has 2 aromatic carbocycles. The zero-order chi connectivity index (χ0) is 13.9. The summed E-state index contributed by atoms with van der Waals surface area (Å²) in [7, 11) is 0. The van der Waals surface area contributed by atoms with E-state index in [9.17, 15) is 0 Å². The predicted octanol–water partition coefficient (Wildman–Crippen LogP) is 4.59. The van der Waals surface area contributed by atoms with Gasteiger partial charge < -0.3 is 5.32 Å². The number of hydrogen-bond acceptors (Lipinski definition) is 3. The molecule has 20 heavy (non-hydrogen) atoms. The molecule has 0 fully saturated rings. The molecule has 0 spiro atoms. The summed E-state index contributed by atoms with van der Waals surface area (Å²) in [6, 6.07) is 16.2. The van der Waals surface area contributed by atoms with Crippen LogP contribution in [0.25, 0.3) is 10.8 Å². The average molecular weight is 284 g/mol. The van der Waals surface area contributed by atoms with Gasteiger partial charge in [-0.3, -0.25) is 0 Å². The topological polar surface area (TPSA) is 37.8 Å². The van der Waals surface area contributed by atoms with Gasteiger partial charge in [-0.25, -0.2) is 9.97 Å². The Bertz CT molecular complexity index is 756. The van der Waals surface area contributed by atoms with Crippen LogP contribution < -0.4 is 5.32 Å². The number of rotatable bonds is 3. The van der Waals surface area contributed by atoms with Crippen molar-refractivity contribution in [2.45, 2.75) is 13.3 Å². The number of aryl methyl sites for hydroxylation is 1. The summed E-state index contributed by atoms with van der Waals surface area (Å²) in [4.78, 5) is 8.58. The van der Waals surface area contributed by atoms with Gasteiger partial charge in [-0.2, -0.15) is 0 Å². The maximum atomic E-state index is 6.00. The van der Waals surface area contributed by atoms with Gasteiger partial charge in [0.2, 0.25) is 0 Å². The highest BCUT2D eigenvalue weighted by Crippen LogP contribution is 2.22. The molecule has 0 radical (unpaired) electrons. The zero-order valence-electron chi connectivity index (χ0n) is 11.1. The van der Waals surface area contributed by atoms with Crippen LogP contribution >= 0.6 is 11.6 Å². The fourth-order valence-corrected chi connectivity index (χ4v) is 2.30. The second-order valence-electron chi connectivity index (χ2n) is 4.53. The van der Waals surface area contributed by atoms with Gasteiger partial charge in [0, 0.05) is 18.2 Å². The third-order valence-electron chi connectivity index (χ3n) is 3.08. The molecule has 0 amide bonds. The molecule has 0 saturated carbocycles. The Morgan fingerprint density at radius 1 is 1.00 bits per heavy atom. The van der Waals surface area contributed by atoms with Crippen LogP contribution in [0.5, 0.6) is 0 Å². The van der Waals surface area contributed by atoms with Crippen LogP contribution in [-0.4, -0.2) is 9.97 Å². The number of fused-ring (bicyclic) bond motifs is 1. The van der Waals surface area contributed by atoms with E-state index >= 15 is 0 Å². The first-order valence-electron chi connectivity index (χ1n) is 6.54. The third-order valence-corrected chi connectivity index (χ3v) is 3.27. The first-order chi connectivity index (χ1) is 9.74. The first kappa shape index (κ1) is 12.9. The van der Waals surface area contributed by atoms with Crippen LogP contribution in [0, 0.1) is 0 Å². The monoisotopic (exact) mass is 283 g/mol. The largest absolute Gasteiger partial charge is 0.340 e. The Morgan fingerprint density at radius 3 is 2.60 bits per heavy atom. The Balaban J connectivity index is 1.94. The summed E-state index contributed by atoms with van der Waals surface area (Å²) in [5.41, 5.74) is 0.987. The third kappa shape index (κ3) is 2.73. The number of anilines is 2. The van der Waals surface area contributed by atoms with Crippen molar-refractivity contribution in [3.63, 3.8) is 0 Å². The standard InChI is InChI=1S/C16H14ClN3/c1-2-15-19-14(17)10-16(20-15)18-13-8-7-11-5-3-4-6-12(11)9-13/h3-10H,2H2,1H3,(H,18,19,20). The number of benzene rings is 2. The number of nitrogens with one attached hydrogen (secondary N) is 1. The van der Waals surface area contributed by atoms with Crippen molar-refractivity contribution in [3.05, 3.63) is 59.5 Å².